The van der Waals surface area contributed by atoms with Crippen molar-refractivity contribution in [1.82, 2.24) is 4.58 Å². The Morgan fingerprint density at radius 2 is 1.89 bits per heavy atom. The molecule has 54 valence electrons. The van der Waals surface area contributed by atoms with Gasteiger partial charge in [-0.25, -0.2) is 15.3 Å². The number of rotatable bonds is 2. The predicted molar refractivity (Wildman–Crippen MR) is 22.2 cm³/mol. The lowest BCUT2D eigenvalue weighted by atomic mass is 12.6. The third kappa shape index (κ3) is 2.21. The molecular weight excluding hydrogens is 156 g/mol. The zero-order chi connectivity index (χ0) is 7.65. The molecule has 0 aliphatic rings. The lowest BCUT2D eigenvalue weighted by Crippen LogP contribution is -2.32. The predicted octanol–water partition coefficient (Wildman–Crippen LogP) is -1.33. The maximum absolute atomic E-state index is 9.56. The van der Waals surface area contributed by atoms with Crippen molar-refractivity contribution in [1.29, 1.82) is 0 Å². The third-order valence-electron chi connectivity index (χ3n) is 0.346. The van der Waals surface area contributed by atoms with E-state index < -0.39 is 19.9 Å². The monoisotopic (exact) mass is 158 g/mol. The molecule has 0 fully saturated rings. The quantitative estimate of drug-likeness (QED) is 0.292. The van der Waals surface area contributed by atoms with E-state index in [-0.39, 0.29) is 0 Å². The average molecular weight is 158 g/mol. The molecule has 0 aliphatic carbocycles. The van der Waals surface area contributed by atoms with Crippen molar-refractivity contribution in [2.24, 2.45) is 0 Å². The van der Waals surface area contributed by atoms with Gasteiger partial charge in [-0.3, -0.25) is 4.55 Å². The highest BCUT2D eigenvalue weighted by Gasteiger charge is 2.25. The number of hydrogen-bond donors (Lipinski definition) is 2. The van der Waals surface area contributed by atoms with Gasteiger partial charge in [-0.15, -0.1) is 0 Å². The van der Waals surface area contributed by atoms with Crippen molar-refractivity contribution in [3.63, 3.8) is 0 Å². The van der Waals surface area contributed by atoms with E-state index in [1.165, 1.54) is 0 Å². The Morgan fingerprint density at radius 3 is 1.89 bits per heavy atom. The Bertz CT molecular complexity index is 201. The molecular formula is H2N2O6S. The summed E-state index contributed by atoms with van der Waals surface area (Å²) in [5.41, 5.74) is 0. The summed E-state index contributed by atoms with van der Waals surface area (Å²) in [5.74, 6) is 0. The normalized spacial score (nSPS) is 10.9. The fraction of sp³-hybridized carbons (Fsp3) is 0. The molecule has 8 nitrogen and oxygen atoms in total. The van der Waals surface area contributed by atoms with Gasteiger partial charge < -0.3 is 0 Å². The zero-order valence-corrected chi connectivity index (χ0v) is 4.65. The number of nitro groups is 1. The second-order valence-corrected chi connectivity index (χ2v) is 2.16. The molecule has 9 heavy (non-hydrogen) atoms. The molecule has 0 aliphatic heterocycles. The van der Waals surface area contributed by atoms with Gasteiger partial charge in [-0.1, -0.05) is 0 Å². The van der Waals surface area contributed by atoms with Crippen LogP contribution in [-0.4, -0.2) is 27.8 Å². The molecule has 0 aromatic carbocycles. The first-order valence-corrected chi connectivity index (χ1v) is 2.86. The largest absolute Gasteiger partial charge is 0.436 e. The second kappa shape index (κ2) is 2.13. The van der Waals surface area contributed by atoms with Crippen LogP contribution in [0.25, 0.3) is 0 Å². The van der Waals surface area contributed by atoms with Gasteiger partial charge in [-0.05, 0) is 0 Å². The Labute approximate surface area is 49.3 Å². The van der Waals surface area contributed by atoms with Crippen molar-refractivity contribution in [3.8, 4) is 0 Å². The molecule has 0 amide bonds. The highest BCUT2D eigenvalue weighted by molar-refractivity contribution is 7.83. The van der Waals surface area contributed by atoms with Crippen LogP contribution >= 0.6 is 0 Å². The molecule has 0 radical (unpaired) electrons. The van der Waals surface area contributed by atoms with Crippen molar-refractivity contribution in [3.05, 3.63) is 10.1 Å². The van der Waals surface area contributed by atoms with E-state index in [0.29, 0.717) is 0 Å². The van der Waals surface area contributed by atoms with E-state index in [4.69, 9.17) is 9.76 Å². The summed E-state index contributed by atoms with van der Waals surface area (Å²) in [4.78, 5) is 9.29. The van der Waals surface area contributed by atoms with E-state index in [0.717, 1.165) is 0 Å². The molecule has 0 rings (SSSR count). The topological polar surface area (TPSA) is 121 Å². The van der Waals surface area contributed by atoms with Crippen LogP contribution in [0.2, 0.25) is 0 Å². The van der Waals surface area contributed by atoms with E-state index in [1.54, 1.807) is 0 Å². The smallest absolute Gasteiger partial charge is 0.264 e. The van der Waals surface area contributed by atoms with Gasteiger partial charge >= 0.3 is 10.3 Å². The average Bonchev–Trinajstić information content (AvgIpc) is 1.62. The molecule has 0 bridgehead atoms. The standard InChI is InChI=1S/H2N2O6S/c3-1(4)2(5)9(6,7)8/h5H,(H,6,7,8). The fourth-order valence-electron chi connectivity index (χ4n) is 0.0842. The maximum atomic E-state index is 9.56. The minimum absolute atomic E-state index is 1.40. The summed E-state index contributed by atoms with van der Waals surface area (Å²) in [6, 6.07) is 0. The molecule has 0 aromatic heterocycles. The van der Waals surface area contributed by atoms with Gasteiger partial charge in [0.25, 0.3) is 0 Å². The summed E-state index contributed by atoms with van der Waals surface area (Å²) < 4.78 is 25.4. The van der Waals surface area contributed by atoms with Crippen LogP contribution in [0.3, 0.4) is 0 Å². The van der Waals surface area contributed by atoms with Crippen molar-refractivity contribution in [2.45, 2.75) is 0 Å². The van der Waals surface area contributed by atoms with Crippen LogP contribution in [0, 0.1) is 10.1 Å². The second-order valence-electron chi connectivity index (χ2n) is 0.938. The van der Waals surface area contributed by atoms with E-state index in [9.17, 15) is 18.5 Å². The molecule has 0 unspecified atom stereocenters. The third-order valence-corrected chi connectivity index (χ3v) is 0.892. The highest BCUT2D eigenvalue weighted by atomic mass is 32.2. The molecule has 0 spiro atoms. The van der Waals surface area contributed by atoms with Crippen molar-refractivity contribution < 1.29 is 23.2 Å². The van der Waals surface area contributed by atoms with Crippen LogP contribution < -0.4 is 0 Å². The van der Waals surface area contributed by atoms with Crippen LogP contribution in [-0.2, 0) is 10.3 Å². The minimum atomic E-state index is -5.11. The summed E-state index contributed by atoms with van der Waals surface area (Å²) >= 11 is 0. The Morgan fingerprint density at radius 1 is 1.56 bits per heavy atom. The number of hydrazine groups is 1. The SMILES string of the molecule is O=[N+]([O-])N(O)S(=O)(=O)O. The summed E-state index contributed by atoms with van der Waals surface area (Å²) in [5, 5.41) is 15.3. The fourth-order valence-corrected chi connectivity index (χ4v) is 0.253. The van der Waals surface area contributed by atoms with E-state index in [2.05, 4.69) is 0 Å². The molecule has 0 saturated heterocycles. The number of nitrogens with zero attached hydrogens (tertiary/aromatic N) is 2. The Kier molecular flexibility index (Phi) is 1.91. The first-order valence-electron chi connectivity index (χ1n) is 1.46. The first kappa shape index (κ1) is 8.07. The molecule has 0 atom stereocenters. The lowest BCUT2D eigenvalue weighted by molar-refractivity contribution is -0.690. The number of hydrogen-bond acceptors (Lipinski definition) is 5. The molecule has 9 heteroatoms. The van der Waals surface area contributed by atoms with Gasteiger partial charge in [0, 0.05) is 0 Å². The molecule has 0 saturated carbocycles. The summed E-state index contributed by atoms with van der Waals surface area (Å²) in [6.07, 6.45) is 0. The Hall–Kier alpha value is -0.930. The maximum Gasteiger partial charge on any atom is 0.436 e. The van der Waals surface area contributed by atoms with Crippen LogP contribution in [0.15, 0.2) is 0 Å². The summed E-state index contributed by atoms with van der Waals surface area (Å²) in [7, 11) is -5.11. The van der Waals surface area contributed by atoms with Gasteiger partial charge in [-0.2, -0.15) is 8.42 Å². The minimum Gasteiger partial charge on any atom is -0.264 e. The van der Waals surface area contributed by atoms with Crippen molar-refractivity contribution >= 4 is 10.3 Å². The molecule has 2 N–H and O–H groups in total. The van der Waals surface area contributed by atoms with Gasteiger partial charge in [0.05, 0.1) is 0 Å². The van der Waals surface area contributed by atoms with Crippen LogP contribution in [0.1, 0.15) is 0 Å². The van der Waals surface area contributed by atoms with Crippen LogP contribution in [0.4, 0.5) is 0 Å². The van der Waals surface area contributed by atoms with Crippen LogP contribution in [0.5, 0.6) is 0 Å². The van der Waals surface area contributed by atoms with Crippen molar-refractivity contribution in [2.75, 3.05) is 0 Å². The Balaban J connectivity index is 4.43. The summed E-state index contributed by atoms with van der Waals surface area (Å²) in [6.45, 7) is 0. The lowest BCUT2D eigenvalue weighted by Gasteiger charge is -1.97. The molecule has 0 heterocycles. The van der Waals surface area contributed by atoms with Gasteiger partial charge in [0.2, 0.25) is 5.03 Å². The highest BCUT2D eigenvalue weighted by Crippen LogP contribution is 1.89. The van der Waals surface area contributed by atoms with Gasteiger partial charge in [0.15, 0.2) is 4.58 Å². The van der Waals surface area contributed by atoms with Gasteiger partial charge in [0.1, 0.15) is 0 Å². The first-order chi connectivity index (χ1) is 3.85. The van der Waals surface area contributed by atoms with E-state index >= 15 is 0 Å². The zero-order valence-electron chi connectivity index (χ0n) is 3.83. The molecule has 0 aromatic rings. The van der Waals surface area contributed by atoms with E-state index in [1.807, 2.05) is 0 Å².